The maximum absolute atomic E-state index is 13.5. The van der Waals surface area contributed by atoms with Crippen molar-refractivity contribution in [2.24, 2.45) is 5.92 Å². The smallest absolute Gasteiger partial charge is 0.255 e. The number of benzene rings is 3. The molecule has 3 amide bonds. The highest BCUT2D eigenvalue weighted by atomic mass is 35.5. The van der Waals surface area contributed by atoms with E-state index in [4.69, 9.17) is 31.2 Å². The predicted molar refractivity (Wildman–Crippen MR) is 218 cm³/mol. The lowest BCUT2D eigenvalue weighted by Crippen LogP contribution is -2.52. The van der Waals surface area contributed by atoms with Crippen molar-refractivity contribution in [3.05, 3.63) is 81.0 Å². The van der Waals surface area contributed by atoms with E-state index in [0.29, 0.717) is 40.7 Å². The van der Waals surface area contributed by atoms with Gasteiger partial charge in [0.15, 0.2) is 22.7 Å². The molecule has 0 aliphatic carbocycles. The number of nitrogens with one attached hydrogen (secondary N) is 1. The number of piperazine rings is 1. The van der Waals surface area contributed by atoms with Gasteiger partial charge < -0.3 is 39.4 Å². The number of nitrogens with two attached hydrogens (primary N) is 1. The summed E-state index contributed by atoms with van der Waals surface area (Å²) in [5.74, 6) is 0.814. The zero-order chi connectivity index (χ0) is 40.2. The van der Waals surface area contributed by atoms with Crippen molar-refractivity contribution in [2.45, 2.75) is 38.3 Å². The first-order valence-electron chi connectivity index (χ1n) is 19.4. The molecule has 58 heavy (non-hydrogen) atoms. The highest BCUT2D eigenvalue weighted by Gasteiger charge is 2.41. The van der Waals surface area contributed by atoms with E-state index >= 15 is 0 Å². The molecule has 3 aromatic carbocycles. The van der Waals surface area contributed by atoms with Gasteiger partial charge in [0.25, 0.3) is 5.91 Å². The highest BCUT2D eigenvalue weighted by Crippen LogP contribution is 2.39. The van der Waals surface area contributed by atoms with Crippen LogP contribution in [0.1, 0.15) is 41.6 Å². The normalized spacial score (nSPS) is 19.2. The van der Waals surface area contributed by atoms with Crippen LogP contribution in [0.2, 0.25) is 5.02 Å². The molecule has 3 saturated heterocycles. The van der Waals surface area contributed by atoms with Gasteiger partial charge in [-0.25, -0.2) is 4.98 Å². The second-order valence-corrected chi connectivity index (χ2v) is 15.7. The van der Waals surface area contributed by atoms with Gasteiger partial charge in [0, 0.05) is 81.7 Å². The number of halogens is 1. The number of rotatable bonds is 8. The first-order valence-corrected chi connectivity index (χ1v) is 19.8. The van der Waals surface area contributed by atoms with Crippen LogP contribution < -0.4 is 35.8 Å². The molecule has 0 radical (unpaired) electrons. The summed E-state index contributed by atoms with van der Waals surface area (Å²) >= 11 is 6.24. The predicted octanol–water partition coefficient (Wildman–Crippen LogP) is 4.88. The highest BCUT2D eigenvalue weighted by molar-refractivity contribution is 6.35. The molecule has 4 aliphatic rings. The monoisotopic (exact) mass is 807 g/mol. The van der Waals surface area contributed by atoms with Gasteiger partial charge in [-0.15, -0.1) is 0 Å². The lowest BCUT2D eigenvalue weighted by Gasteiger charge is -2.40. The van der Waals surface area contributed by atoms with Crippen LogP contribution in [0.4, 0.5) is 17.2 Å². The molecule has 0 saturated carbocycles. The summed E-state index contributed by atoms with van der Waals surface area (Å²) in [6.07, 6.45) is 2.54. The average molecular weight is 808 g/mol. The van der Waals surface area contributed by atoms with E-state index in [1.807, 2.05) is 18.2 Å². The molecule has 0 spiro atoms. The standard InChI is InChI=1S/C42H42ClN7O8/c1-56-33-18-24(17-26-27(33)22-50(42(26)55)30-7-8-36(52)45-41(30)54)48-11-9-23(10-12-48)21-47-13-15-49(16-14-47)29-6-5-25(19-31(29)51)57-35-20-34-38(46-40(35)44)39(53)37-28(43)3-2-4-32(37)58-34/h2-6,17-20,23,30,51H,7-16,21-22H2,1H3,(H2,44,46)(H,45,52,54). The Morgan fingerprint density at radius 3 is 2.47 bits per heavy atom. The molecule has 3 fully saturated rings. The molecule has 2 aromatic heterocycles. The second kappa shape index (κ2) is 15.0. The minimum absolute atomic E-state index is 0.00314. The number of fused-ring (bicyclic) bond motifs is 3. The molecular weight excluding hydrogens is 766 g/mol. The van der Waals surface area contributed by atoms with Gasteiger partial charge in [0.1, 0.15) is 28.9 Å². The van der Waals surface area contributed by atoms with Crippen molar-refractivity contribution < 1.29 is 33.4 Å². The Labute approximate surface area is 337 Å². The number of carbonyl (C=O) groups excluding carboxylic acids is 3. The van der Waals surface area contributed by atoms with Gasteiger partial charge in [-0.1, -0.05) is 17.7 Å². The molecule has 9 rings (SSSR count). The number of methoxy groups -OCH3 is 1. The minimum Gasteiger partial charge on any atom is -0.506 e. The van der Waals surface area contributed by atoms with Crippen molar-refractivity contribution in [2.75, 3.05) is 68.5 Å². The zero-order valence-corrected chi connectivity index (χ0v) is 32.6. The Kier molecular flexibility index (Phi) is 9.72. The van der Waals surface area contributed by atoms with Gasteiger partial charge in [-0.3, -0.25) is 29.4 Å². The Balaban J connectivity index is 0.788. The van der Waals surface area contributed by atoms with Gasteiger partial charge in [0.05, 0.1) is 35.3 Å². The summed E-state index contributed by atoms with van der Waals surface area (Å²) in [5, 5.41) is 13.9. The third kappa shape index (κ3) is 6.87. The van der Waals surface area contributed by atoms with Crippen LogP contribution in [-0.4, -0.2) is 96.6 Å². The molecule has 0 bridgehead atoms. The van der Waals surface area contributed by atoms with Crippen molar-refractivity contribution in [3.63, 3.8) is 0 Å². The first kappa shape index (κ1) is 37.5. The number of phenols is 1. The van der Waals surface area contributed by atoms with E-state index in [-0.39, 0.29) is 69.0 Å². The van der Waals surface area contributed by atoms with E-state index in [9.17, 15) is 24.3 Å². The van der Waals surface area contributed by atoms with Gasteiger partial charge in [-0.05, 0) is 55.5 Å². The molecular formula is C42H42ClN7O8. The fourth-order valence-corrected chi connectivity index (χ4v) is 8.96. The molecule has 6 heterocycles. The van der Waals surface area contributed by atoms with E-state index < -0.39 is 11.9 Å². The molecule has 1 atom stereocenters. The van der Waals surface area contributed by atoms with Crippen molar-refractivity contribution in [3.8, 4) is 23.0 Å². The summed E-state index contributed by atoms with van der Waals surface area (Å²) in [7, 11) is 1.60. The molecule has 4 aliphatic heterocycles. The topological polar surface area (TPSA) is 184 Å². The van der Waals surface area contributed by atoms with Gasteiger partial charge >= 0.3 is 0 Å². The quantitative estimate of drug-likeness (QED) is 0.143. The molecule has 5 aromatic rings. The fraction of sp³-hybridized carbons (Fsp3) is 0.357. The van der Waals surface area contributed by atoms with Gasteiger partial charge in [0.2, 0.25) is 17.2 Å². The lowest BCUT2D eigenvalue weighted by molar-refractivity contribution is -0.136. The number of anilines is 3. The maximum Gasteiger partial charge on any atom is 0.255 e. The van der Waals surface area contributed by atoms with Crippen LogP contribution in [0, 0.1) is 5.92 Å². The zero-order valence-electron chi connectivity index (χ0n) is 31.8. The van der Waals surface area contributed by atoms with E-state index in [1.54, 1.807) is 36.3 Å². The number of ether oxygens (including phenoxy) is 2. The largest absolute Gasteiger partial charge is 0.506 e. The average Bonchev–Trinajstić information content (AvgIpc) is 3.54. The Hall–Kier alpha value is -6.06. The van der Waals surface area contributed by atoms with E-state index in [1.165, 1.54) is 12.1 Å². The fourth-order valence-electron chi connectivity index (χ4n) is 8.71. The lowest BCUT2D eigenvalue weighted by atomic mass is 9.95. The number of amides is 3. The van der Waals surface area contributed by atoms with Crippen LogP contribution in [0.25, 0.3) is 22.1 Å². The number of hydrogen-bond donors (Lipinski definition) is 3. The number of hydrogen-bond acceptors (Lipinski definition) is 13. The third-order valence-corrected chi connectivity index (χ3v) is 12.1. The summed E-state index contributed by atoms with van der Waals surface area (Å²) in [6, 6.07) is 14.8. The van der Waals surface area contributed by atoms with Crippen LogP contribution >= 0.6 is 11.6 Å². The molecule has 1 unspecified atom stereocenters. The summed E-state index contributed by atoms with van der Waals surface area (Å²) in [5.41, 5.74) is 9.34. The minimum atomic E-state index is -0.674. The number of phenolic OH excluding ortho intramolecular Hbond substituents is 1. The number of piperidine rings is 2. The molecule has 300 valence electrons. The SMILES string of the molecule is COc1cc(N2CCC(CN3CCN(c4ccc(Oc5cc6oc7cccc(Cl)c7c(=O)c6nc5N)cc4O)CC3)CC2)cc2c1CN(C1CCC(=O)NC1=O)C2=O. The summed E-state index contributed by atoms with van der Waals surface area (Å²) in [6.45, 7) is 6.18. The Morgan fingerprint density at radius 2 is 1.72 bits per heavy atom. The number of nitrogens with zero attached hydrogens (tertiary/aromatic N) is 5. The number of aromatic hydroxyl groups is 1. The van der Waals surface area contributed by atoms with Crippen molar-refractivity contribution in [1.82, 2.24) is 20.1 Å². The van der Waals surface area contributed by atoms with Crippen LogP contribution in [0.15, 0.2) is 63.8 Å². The van der Waals surface area contributed by atoms with E-state index in [0.717, 1.165) is 69.9 Å². The molecule has 16 heteroatoms. The van der Waals surface area contributed by atoms with Crippen LogP contribution in [-0.2, 0) is 16.1 Å². The van der Waals surface area contributed by atoms with Crippen molar-refractivity contribution >= 4 is 68.6 Å². The maximum atomic E-state index is 13.5. The summed E-state index contributed by atoms with van der Waals surface area (Å²) in [4.78, 5) is 63.6. The number of carbonyl (C=O) groups is 3. The number of imide groups is 1. The molecule has 15 nitrogen and oxygen atoms in total. The first-order chi connectivity index (χ1) is 28.0. The third-order valence-electron chi connectivity index (χ3n) is 11.8. The number of nitrogen functional groups attached to an aromatic ring is 1. The van der Waals surface area contributed by atoms with Crippen molar-refractivity contribution in [1.29, 1.82) is 0 Å². The number of pyridine rings is 1. The van der Waals surface area contributed by atoms with Crippen LogP contribution in [0.5, 0.6) is 23.0 Å². The Morgan fingerprint density at radius 1 is 0.931 bits per heavy atom. The number of aromatic nitrogens is 1. The van der Waals surface area contributed by atoms with Gasteiger partial charge in [-0.2, -0.15) is 0 Å². The molecule has 4 N–H and O–H groups in total. The second-order valence-electron chi connectivity index (χ2n) is 15.3. The Bertz CT molecular complexity index is 2550. The van der Waals surface area contributed by atoms with Crippen LogP contribution in [0.3, 0.4) is 0 Å². The summed E-state index contributed by atoms with van der Waals surface area (Å²) < 4.78 is 17.7. The van der Waals surface area contributed by atoms with E-state index in [2.05, 4.69) is 25.0 Å².